The molecule has 3 nitrogen and oxygen atoms in total. The van der Waals surface area contributed by atoms with Crippen molar-refractivity contribution in [2.75, 3.05) is 12.3 Å². The van der Waals surface area contributed by atoms with Crippen LogP contribution in [0.1, 0.15) is 36.0 Å². The maximum atomic E-state index is 11.7. The van der Waals surface area contributed by atoms with E-state index < -0.39 is 0 Å². The number of hydrogen-bond acceptors (Lipinski definition) is 3. The van der Waals surface area contributed by atoms with E-state index in [-0.39, 0.29) is 5.97 Å². The van der Waals surface area contributed by atoms with Gasteiger partial charge in [0.25, 0.3) is 0 Å². The lowest BCUT2D eigenvalue weighted by Gasteiger charge is -2.10. The fraction of sp³-hybridized carbons (Fsp3) is 0.462. The highest BCUT2D eigenvalue weighted by atomic mass is 35.5. The van der Waals surface area contributed by atoms with E-state index in [2.05, 4.69) is 0 Å². The third-order valence-corrected chi connectivity index (χ3v) is 3.50. The molecular weight excluding hydrogens is 238 g/mol. The summed E-state index contributed by atoms with van der Waals surface area (Å²) in [7, 11) is 0. The van der Waals surface area contributed by atoms with Crippen molar-refractivity contribution in [3.63, 3.8) is 0 Å². The molecule has 1 aliphatic carbocycles. The van der Waals surface area contributed by atoms with Gasteiger partial charge in [0.2, 0.25) is 0 Å². The van der Waals surface area contributed by atoms with Gasteiger partial charge < -0.3 is 10.5 Å². The molecule has 1 saturated carbocycles. The minimum Gasteiger partial charge on any atom is -0.462 e. The molecule has 0 saturated heterocycles. The predicted octanol–water partition coefficient (Wildman–Crippen LogP) is 3.27. The van der Waals surface area contributed by atoms with Gasteiger partial charge in [-0.3, -0.25) is 0 Å². The molecule has 1 aromatic carbocycles. The Kier molecular flexibility index (Phi) is 3.89. The summed E-state index contributed by atoms with van der Waals surface area (Å²) >= 11 is 5.79. The maximum Gasteiger partial charge on any atom is 0.338 e. The Hall–Kier alpha value is -1.22. The van der Waals surface area contributed by atoms with Crippen LogP contribution in [0.25, 0.3) is 0 Å². The molecule has 2 rings (SSSR count). The lowest BCUT2D eigenvalue weighted by atomic mass is 10.1. The van der Waals surface area contributed by atoms with Crippen LogP contribution >= 0.6 is 11.6 Å². The molecule has 0 radical (unpaired) electrons. The van der Waals surface area contributed by atoms with Gasteiger partial charge in [-0.2, -0.15) is 0 Å². The third-order valence-electron chi connectivity index (χ3n) is 3.16. The number of esters is 1. The van der Waals surface area contributed by atoms with Crippen LogP contribution in [-0.4, -0.2) is 12.6 Å². The van der Waals surface area contributed by atoms with Crippen LogP contribution in [0.4, 0.5) is 5.69 Å². The van der Waals surface area contributed by atoms with Crippen molar-refractivity contribution in [3.8, 4) is 0 Å². The average Bonchev–Trinajstić information content (AvgIpc) is 2.82. The fourth-order valence-corrected chi connectivity index (χ4v) is 2.24. The van der Waals surface area contributed by atoms with Crippen LogP contribution in [0, 0.1) is 5.92 Å². The normalized spacial score (nSPS) is 16.1. The van der Waals surface area contributed by atoms with Gasteiger partial charge in [-0.1, -0.05) is 24.4 Å². The molecule has 2 N–H and O–H groups in total. The highest BCUT2D eigenvalue weighted by Gasteiger charge is 2.17. The topological polar surface area (TPSA) is 52.3 Å². The number of ether oxygens (including phenoxy) is 1. The summed E-state index contributed by atoms with van der Waals surface area (Å²) in [6, 6.07) is 4.80. The number of benzene rings is 1. The molecule has 1 aromatic rings. The van der Waals surface area contributed by atoms with Gasteiger partial charge in [0.1, 0.15) is 0 Å². The van der Waals surface area contributed by atoms with Gasteiger partial charge >= 0.3 is 5.97 Å². The van der Waals surface area contributed by atoms with Gasteiger partial charge in [0.05, 0.1) is 22.9 Å². The quantitative estimate of drug-likeness (QED) is 0.664. The smallest absolute Gasteiger partial charge is 0.338 e. The number of carbonyl (C=O) groups excluding carboxylic acids is 1. The molecule has 0 heterocycles. The van der Waals surface area contributed by atoms with Crippen molar-refractivity contribution in [2.24, 2.45) is 5.92 Å². The van der Waals surface area contributed by atoms with Crippen LogP contribution in [0.15, 0.2) is 18.2 Å². The molecule has 1 aliphatic rings. The highest BCUT2D eigenvalue weighted by Crippen LogP contribution is 2.25. The average molecular weight is 254 g/mol. The molecule has 0 atom stereocenters. The molecule has 0 amide bonds. The molecule has 0 unspecified atom stereocenters. The molecule has 92 valence electrons. The number of halogens is 1. The van der Waals surface area contributed by atoms with Crippen LogP contribution < -0.4 is 5.73 Å². The summed E-state index contributed by atoms with van der Waals surface area (Å²) < 4.78 is 5.27. The summed E-state index contributed by atoms with van der Waals surface area (Å²) in [5.41, 5.74) is 6.50. The number of carbonyl (C=O) groups is 1. The second-order valence-corrected chi connectivity index (χ2v) is 4.89. The van der Waals surface area contributed by atoms with Gasteiger partial charge in [-0.05, 0) is 37.0 Å². The predicted molar refractivity (Wildman–Crippen MR) is 68.1 cm³/mol. The zero-order valence-electron chi connectivity index (χ0n) is 9.62. The van der Waals surface area contributed by atoms with Crippen molar-refractivity contribution < 1.29 is 9.53 Å². The Balaban J connectivity index is 1.92. The van der Waals surface area contributed by atoms with Crippen LogP contribution in [0.5, 0.6) is 0 Å². The minimum atomic E-state index is -0.319. The number of anilines is 1. The zero-order valence-corrected chi connectivity index (χ0v) is 10.4. The van der Waals surface area contributed by atoms with E-state index in [1.807, 2.05) is 0 Å². The molecule has 0 spiro atoms. The van der Waals surface area contributed by atoms with E-state index in [1.54, 1.807) is 18.2 Å². The molecule has 0 aromatic heterocycles. The van der Waals surface area contributed by atoms with Crippen LogP contribution in [0.2, 0.25) is 5.02 Å². The number of nitrogen functional groups attached to an aromatic ring is 1. The van der Waals surface area contributed by atoms with Gasteiger partial charge in [-0.15, -0.1) is 0 Å². The summed E-state index contributed by atoms with van der Waals surface area (Å²) in [5, 5.41) is 0.456. The Morgan fingerprint density at radius 1 is 1.41 bits per heavy atom. The Morgan fingerprint density at radius 2 is 2.12 bits per heavy atom. The summed E-state index contributed by atoms with van der Waals surface area (Å²) in [6.07, 6.45) is 4.82. The van der Waals surface area contributed by atoms with E-state index in [0.29, 0.717) is 28.8 Å². The van der Waals surface area contributed by atoms with Gasteiger partial charge in [0, 0.05) is 0 Å². The second-order valence-electron chi connectivity index (χ2n) is 4.49. The molecule has 4 heteroatoms. The zero-order chi connectivity index (χ0) is 12.3. The van der Waals surface area contributed by atoms with Crippen LogP contribution in [-0.2, 0) is 4.74 Å². The van der Waals surface area contributed by atoms with Crippen molar-refractivity contribution in [3.05, 3.63) is 28.8 Å². The molecule has 17 heavy (non-hydrogen) atoms. The lowest BCUT2D eigenvalue weighted by Crippen LogP contribution is -2.12. The Morgan fingerprint density at radius 3 is 2.76 bits per heavy atom. The van der Waals surface area contributed by atoms with E-state index in [0.717, 1.165) is 12.8 Å². The molecule has 0 bridgehead atoms. The minimum absolute atomic E-state index is 0.319. The highest BCUT2D eigenvalue weighted by molar-refractivity contribution is 6.33. The first-order valence-corrected chi connectivity index (χ1v) is 6.27. The third kappa shape index (κ3) is 3.13. The van der Waals surface area contributed by atoms with Gasteiger partial charge in [-0.25, -0.2) is 4.79 Å². The standard InChI is InChI=1S/C13H16ClNO2/c14-11-6-5-10(7-12(11)15)13(16)17-8-9-3-1-2-4-9/h5-7,9H,1-4,8,15H2. The fourth-order valence-electron chi connectivity index (χ4n) is 2.12. The van der Waals surface area contributed by atoms with E-state index in [1.165, 1.54) is 12.8 Å². The number of rotatable bonds is 3. The van der Waals surface area contributed by atoms with E-state index in [4.69, 9.17) is 22.1 Å². The maximum absolute atomic E-state index is 11.7. The first-order valence-electron chi connectivity index (χ1n) is 5.89. The second kappa shape index (κ2) is 5.41. The van der Waals surface area contributed by atoms with Crippen molar-refractivity contribution in [1.82, 2.24) is 0 Å². The summed E-state index contributed by atoms with van der Waals surface area (Å²) in [4.78, 5) is 11.7. The van der Waals surface area contributed by atoms with E-state index in [9.17, 15) is 4.79 Å². The monoisotopic (exact) mass is 253 g/mol. The number of nitrogens with two attached hydrogens (primary N) is 1. The lowest BCUT2D eigenvalue weighted by molar-refractivity contribution is 0.0442. The number of hydrogen-bond donors (Lipinski definition) is 1. The Labute approximate surface area is 106 Å². The molecule has 1 fully saturated rings. The van der Waals surface area contributed by atoms with Gasteiger partial charge in [0.15, 0.2) is 0 Å². The largest absolute Gasteiger partial charge is 0.462 e. The molecule has 0 aliphatic heterocycles. The van der Waals surface area contributed by atoms with Crippen molar-refractivity contribution in [2.45, 2.75) is 25.7 Å². The van der Waals surface area contributed by atoms with Crippen LogP contribution in [0.3, 0.4) is 0 Å². The first kappa shape index (κ1) is 12.2. The summed E-state index contributed by atoms with van der Waals surface area (Å²) in [5.74, 6) is 0.212. The van der Waals surface area contributed by atoms with Crippen molar-refractivity contribution in [1.29, 1.82) is 0 Å². The molecular formula is C13H16ClNO2. The summed E-state index contributed by atoms with van der Waals surface area (Å²) in [6.45, 7) is 0.515. The van der Waals surface area contributed by atoms with Crippen molar-refractivity contribution >= 4 is 23.3 Å². The van der Waals surface area contributed by atoms with E-state index >= 15 is 0 Å². The SMILES string of the molecule is Nc1cc(C(=O)OCC2CCCC2)ccc1Cl. The first-order chi connectivity index (χ1) is 8.16. The Bertz CT molecular complexity index is 414.